The molecule has 0 fully saturated rings. The first-order chi connectivity index (χ1) is 7.79. The van der Waals surface area contributed by atoms with Crippen LogP contribution in [0.5, 0.6) is 0 Å². The molecule has 0 saturated heterocycles. The average molecular weight is 251 g/mol. The number of aliphatic hydroxyl groups is 1. The third-order valence-corrected chi connectivity index (χ3v) is 2.52. The number of hydrogen-bond acceptors (Lipinski definition) is 2. The first kappa shape index (κ1) is 13.9. The Morgan fingerprint density at radius 2 is 1.94 bits per heavy atom. The molecule has 0 aliphatic carbocycles. The Kier molecular flexibility index (Phi) is 4.11. The molecular formula is C11H13F4NO. The smallest absolute Gasteiger partial charge is 0.391 e. The van der Waals surface area contributed by atoms with Crippen molar-refractivity contribution in [3.63, 3.8) is 0 Å². The van der Waals surface area contributed by atoms with Crippen LogP contribution in [0.1, 0.15) is 30.5 Å². The van der Waals surface area contributed by atoms with Crippen LogP contribution in [0.2, 0.25) is 0 Å². The molecule has 6 heteroatoms. The van der Waals surface area contributed by atoms with E-state index in [1.807, 2.05) is 0 Å². The second-order valence-electron chi connectivity index (χ2n) is 3.70. The van der Waals surface area contributed by atoms with E-state index >= 15 is 0 Å². The van der Waals surface area contributed by atoms with E-state index in [0.29, 0.717) is 0 Å². The summed E-state index contributed by atoms with van der Waals surface area (Å²) >= 11 is 0. The molecule has 0 radical (unpaired) electrons. The minimum absolute atomic E-state index is 0.146. The second kappa shape index (κ2) is 5.01. The fourth-order valence-electron chi connectivity index (χ4n) is 1.57. The Bertz CT molecular complexity index is 392. The second-order valence-corrected chi connectivity index (χ2v) is 3.70. The standard InChI is InChI=1S/C11H13F4NO/c1-2-8(17)10(16)9-6(11(13,14)15)4-3-5-7(9)12/h3-5,8,10,17H,2,16H2,1H3/t8-,10-/m0/s1. The quantitative estimate of drug-likeness (QED) is 0.811. The number of aliphatic hydroxyl groups excluding tert-OH is 1. The molecule has 0 aliphatic heterocycles. The zero-order chi connectivity index (χ0) is 13.2. The van der Waals surface area contributed by atoms with Gasteiger partial charge in [-0.05, 0) is 18.6 Å². The lowest BCUT2D eigenvalue weighted by molar-refractivity contribution is -0.138. The summed E-state index contributed by atoms with van der Waals surface area (Å²) in [6.07, 6.45) is -5.76. The van der Waals surface area contributed by atoms with Gasteiger partial charge in [-0.3, -0.25) is 0 Å². The molecule has 0 saturated carbocycles. The van der Waals surface area contributed by atoms with E-state index in [-0.39, 0.29) is 6.42 Å². The van der Waals surface area contributed by atoms with Gasteiger partial charge in [-0.1, -0.05) is 13.0 Å². The summed E-state index contributed by atoms with van der Waals surface area (Å²) in [5.74, 6) is -1.06. The van der Waals surface area contributed by atoms with Gasteiger partial charge in [0.2, 0.25) is 0 Å². The molecular weight excluding hydrogens is 238 g/mol. The molecule has 2 nitrogen and oxygen atoms in total. The van der Waals surface area contributed by atoms with Crippen LogP contribution in [0.3, 0.4) is 0 Å². The van der Waals surface area contributed by atoms with Gasteiger partial charge in [0, 0.05) is 5.56 Å². The van der Waals surface area contributed by atoms with E-state index in [1.54, 1.807) is 6.92 Å². The molecule has 1 rings (SSSR count). The van der Waals surface area contributed by atoms with E-state index < -0.39 is 35.3 Å². The third-order valence-electron chi connectivity index (χ3n) is 2.52. The normalized spacial score (nSPS) is 15.7. The fraction of sp³-hybridized carbons (Fsp3) is 0.455. The molecule has 0 unspecified atom stereocenters. The zero-order valence-electron chi connectivity index (χ0n) is 9.13. The molecule has 0 spiro atoms. The molecule has 0 heterocycles. The Morgan fingerprint density at radius 1 is 1.35 bits per heavy atom. The first-order valence-corrected chi connectivity index (χ1v) is 5.08. The van der Waals surface area contributed by atoms with Crippen LogP contribution in [0.25, 0.3) is 0 Å². The SMILES string of the molecule is CC[C@H](O)[C@H](N)c1c(F)cccc1C(F)(F)F. The third kappa shape index (κ3) is 2.95. The Labute approximate surface area is 96.1 Å². The summed E-state index contributed by atoms with van der Waals surface area (Å²) in [7, 11) is 0. The number of nitrogens with two attached hydrogens (primary N) is 1. The van der Waals surface area contributed by atoms with Crippen LogP contribution >= 0.6 is 0 Å². The predicted molar refractivity (Wildman–Crippen MR) is 54.6 cm³/mol. The van der Waals surface area contributed by atoms with Crippen molar-refractivity contribution in [1.29, 1.82) is 0 Å². The van der Waals surface area contributed by atoms with Crippen LogP contribution in [0, 0.1) is 5.82 Å². The highest BCUT2D eigenvalue weighted by molar-refractivity contribution is 5.34. The van der Waals surface area contributed by atoms with Gasteiger partial charge < -0.3 is 10.8 Å². The lowest BCUT2D eigenvalue weighted by atomic mass is 9.95. The minimum atomic E-state index is -4.69. The molecule has 0 aliphatic rings. The molecule has 0 aromatic heterocycles. The van der Waals surface area contributed by atoms with Crippen molar-refractivity contribution in [2.75, 3.05) is 0 Å². The summed E-state index contributed by atoms with van der Waals surface area (Å²) in [6, 6.07) is 1.22. The van der Waals surface area contributed by atoms with Crippen molar-refractivity contribution >= 4 is 0 Å². The maximum atomic E-state index is 13.4. The largest absolute Gasteiger partial charge is 0.416 e. The summed E-state index contributed by atoms with van der Waals surface area (Å²) in [5, 5.41) is 9.44. The van der Waals surface area contributed by atoms with Crippen molar-refractivity contribution in [2.45, 2.75) is 31.7 Å². The van der Waals surface area contributed by atoms with Gasteiger partial charge in [-0.2, -0.15) is 13.2 Å². The summed E-state index contributed by atoms with van der Waals surface area (Å²) in [6.45, 7) is 1.55. The van der Waals surface area contributed by atoms with Crippen molar-refractivity contribution < 1.29 is 22.7 Å². The van der Waals surface area contributed by atoms with Crippen molar-refractivity contribution in [3.05, 3.63) is 35.1 Å². The van der Waals surface area contributed by atoms with Crippen molar-refractivity contribution in [1.82, 2.24) is 0 Å². The van der Waals surface area contributed by atoms with Crippen LogP contribution < -0.4 is 5.73 Å². The summed E-state index contributed by atoms with van der Waals surface area (Å²) in [5.41, 5.74) is 3.63. The fourth-order valence-corrected chi connectivity index (χ4v) is 1.57. The summed E-state index contributed by atoms with van der Waals surface area (Å²) < 4.78 is 51.4. The number of halogens is 4. The highest BCUT2D eigenvalue weighted by Crippen LogP contribution is 2.36. The van der Waals surface area contributed by atoms with Gasteiger partial charge in [-0.15, -0.1) is 0 Å². The number of hydrogen-bond donors (Lipinski definition) is 2. The molecule has 3 N–H and O–H groups in total. The van der Waals surface area contributed by atoms with Gasteiger partial charge in [0.1, 0.15) is 5.82 Å². The van der Waals surface area contributed by atoms with Crippen LogP contribution in [-0.4, -0.2) is 11.2 Å². The number of alkyl halides is 3. The van der Waals surface area contributed by atoms with E-state index in [1.165, 1.54) is 0 Å². The highest BCUT2D eigenvalue weighted by atomic mass is 19.4. The van der Waals surface area contributed by atoms with Crippen LogP contribution in [0.4, 0.5) is 17.6 Å². The minimum Gasteiger partial charge on any atom is -0.391 e. The number of benzene rings is 1. The van der Waals surface area contributed by atoms with E-state index in [9.17, 15) is 22.7 Å². The Balaban J connectivity index is 3.30. The lowest BCUT2D eigenvalue weighted by Crippen LogP contribution is -2.29. The molecule has 96 valence electrons. The monoisotopic (exact) mass is 251 g/mol. The van der Waals surface area contributed by atoms with E-state index in [2.05, 4.69) is 0 Å². The maximum absolute atomic E-state index is 13.4. The topological polar surface area (TPSA) is 46.2 Å². The summed E-state index contributed by atoms with van der Waals surface area (Å²) in [4.78, 5) is 0. The van der Waals surface area contributed by atoms with Gasteiger partial charge in [0.15, 0.2) is 0 Å². The van der Waals surface area contributed by atoms with Gasteiger partial charge >= 0.3 is 6.18 Å². The molecule has 0 bridgehead atoms. The van der Waals surface area contributed by atoms with Gasteiger partial charge in [-0.25, -0.2) is 4.39 Å². The maximum Gasteiger partial charge on any atom is 0.416 e. The van der Waals surface area contributed by atoms with E-state index in [4.69, 9.17) is 5.73 Å². The Morgan fingerprint density at radius 3 is 2.41 bits per heavy atom. The first-order valence-electron chi connectivity index (χ1n) is 5.08. The van der Waals surface area contributed by atoms with E-state index in [0.717, 1.165) is 18.2 Å². The molecule has 0 amide bonds. The highest BCUT2D eigenvalue weighted by Gasteiger charge is 2.37. The van der Waals surface area contributed by atoms with Crippen LogP contribution in [-0.2, 0) is 6.18 Å². The molecule has 1 aromatic rings. The Hall–Kier alpha value is -1.14. The average Bonchev–Trinajstić information content (AvgIpc) is 2.25. The van der Waals surface area contributed by atoms with Gasteiger partial charge in [0.05, 0.1) is 17.7 Å². The predicted octanol–water partition coefficient (Wildman–Crippen LogP) is 2.62. The molecule has 17 heavy (non-hydrogen) atoms. The van der Waals surface area contributed by atoms with Crippen LogP contribution in [0.15, 0.2) is 18.2 Å². The zero-order valence-corrected chi connectivity index (χ0v) is 9.13. The molecule has 2 atom stereocenters. The van der Waals surface area contributed by atoms with Crippen molar-refractivity contribution in [2.24, 2.45) is 5.73 Å². The number of rotatable bonds is 3. The van der Waals surface area contributed by atoms with Crippen molar-refractivity contribution in [3.8, 4) is 0 Å². The van der Waals surface area contributed by atoms with Gasteiger partial charge in [0.25, 0.3) is 0 Å². The molecule has 1 aromatic carbocycles. The lowest BCUT2D eigenvalue weighted by Gasteiger charge is -2.22.